The number of hydrogen-bond acceptors (Lipinski definition) is 4. The van der Waals surface area contributed by atoms with Gasteiger partial charge in [-0.3, -0.25) is 0 Å². The van der Waals surface area contributed by atoms with E-state index in [0.717, 1.165) is 25.7 Å². The van der Waals surface area contributed by atoms with Gasteiger partial charge >= 0.3 is 11.9 Å². The van der Waals surface area contributed by atoms with Crippen LogP contribution in [0.3, 0.4) is 0 Å². The first-order chi connectivity index (χ1) is 8.69. The molecule has 1 heterocycles. The van der Waals surface area contributed by atoms with Gasteiger partial charge in [0.15, 0.2) is 12.2 Å². The van der Waals surface area contributed by atoms with Crippen molar-refractivity contribution in [1.29, 1.82) is 0 Å². The van der Waals surface area contributed by atoms with E-state index in [-0.39, 0.29) is 0 Å². The van der Waals surface area contributed by atoms with E-state index in [1.54, 1.807) is 12.2 Å². The molecule has 100 valence electrons. The van der Waals surface area contributed by atoms with Crippen molar-refractivity contribution in [3.05, 3.63) is 25.3 Å². The van der Waals surface area contributed by atoms with Gasteiger partial charge in [0.05, 0.1) is 0 Å². The smallest absolute Gasteiger partial charge is 0.348 e. The van der Waals surface area contributed by atoms with Crippen LogP contribution < -0.4 is 0 Å². The summed E-state index contributed by atoms with van der Waals surface area (Å²) < 4.78 is 10.2. The van der Waals surface area contributed by atoms with Crippen molar-refractivity contribution < 1.29 is 19.1 Å². The number of carbonyl (C=O) groups is 2. The molecule has 0 aliphatic carbocycles. The Bertz CT molecular complexity index is 290. The number of cyclic esters (lactones) is 2. The molecule has 0 spiro atoms. The maximum atomic E-state index is 11.6. The topological polar surface area (TPSA) is 52.6 Å². The highest BCUT2D eigenvalue weighted by atomic mass is 16.6. The average Bonchev–Trinajstić information content (AvgIpc) is 2.35. The third-order valence-corrected chi connectivity index (χ3v) is 2.79. The second-order valence-corrected chi connectivity index (χ2v) is 4.29. The van der Waals surface area contributed by atoms with Crippen molar-refractivity contribution in [2.24, 2.45) is 0 Å². The van der Waals surface area contributed by atoms with E-state index in [1.165, 1.54) is 0 Å². The Kier molecular flexibility index (Phi) is 6.19. The van der Waals surface area contributed by atoms with Crippen molar-refractivity contribution >= 4 is 11.9 Å². The summed E-state index contributed by atoms with van der Waals surface area (Å²) in [5.41, 5.74) is 0. The van der Waals surface area contributed by atoms with Crippen LogP contribution in [0.5, 0.6) is 0 Å². The largest absolute Gasteiger partial charge is 0.448 e. The van der Waals surface area contributed by atoms with Crippen LogP contribution in [0.25, 0.3) is 0 Å². The predicted octanol–water partition coefficient (Wildman–Crippen LogP) is 2.54. The number of rotatable bonds is 8. The minimum Gasteiger partial charge on any atom is -0.448 e. The minimum atomic E-state index is -0.742. The molecular weight excluding hydrogens is 232 g/mol. The average molecular weight is 252 g/mol. The number of unbranched alkanes of at least 4 members (excludes halogenated alkanes) is 2. The van der Waals surface area contributed by atoms with E-state index in [0.29, 0.717) is 12.8 Å². The molecule has 1 aliphatic rings. The quantitative estimate of drug-likeness (QED) is 0.378. The fourth-order valence-corrected chi connectivity index (χ4v) is 1.78. The second-order valence-electron chi connectivity index (χ2n) is 4.29. The molecule has 0 amide bonds. The maximum Gasteiger partial charge on any atom is 0.348 e. The van der Waals surface area contributed by atoms with Gasteiger partial charge in [-0.2, -0.15) is 0 Å². The lowest BCUT2D eigenvalue weighted by Gasteiger charge is -2.27. The van der Waals surface area contributed by atoms with E-state index < -0.39 is 24.1 Å². The van der Waals surface area contributed by atoms with Crippen LogP contribution in [0.1, 0.15) is 38.5 Å². The van der Waals surface area contributed by atoms with Gasteiger partial charge in [0.2, 0.25) is 0 Å². The molecule has 0 bridgehead atoms. The highest BCUT2D eigenvalue weighted by molar-refractivity contribution is 5.87. The van der Waals surface area contributed by atoms with Crippen molar-refractivity contribution in [2.75, 3.05) is 0 Å². The summed E-state index contributed by atoms with van der Waals surface area (Å²) in [5.74, 6) is -0.857. The normalized spacial score (nSPS) is 23.1. The molecule has 2 atom stereocenters. The first-order valence-electron chi connectivity index (χ1n) is 6.31. The van der Waals surface area contributed by atoms with Crippen molar-refractivity contribution in [2.45, 2.75) is 50.7 Å². The predicted molar refractivity (Wildman–Crippen MR) is 67.9 cm³/mol. The SMILES string of the molecule is C=CCCCC1OC(=O)C(CCCC=C)OC1=O. The fraction of sp³-hybridized carbons (Fsp3) is 0.571. The van der Waals surface area contributed by atoms with Crippen LogP contribution in [-0.2, 0) is 19.1 Å². The van der Waals surface area contributed by atoms with Crippen LogP contribution in [0.4, 0.5) is 0 Å². The third kappa shape index (κ3) is 4.35. The van der Waals surface area contributed by atoms with Gasteiger partial charge in [-0.15, -0.1) is 13.2 Å². The molecule has 1 aliphatic heterocycles. The molecule has 0 N–H and O–H groups in total. The number of hydrogen-bond donors (Lipinski definition) is 0. The van der Waals surface area contributed by atoms with E-state index in [1.807, 2.05) is 0 Å². The summed E-state index contributed by atoms with van der Waals surface area (Å²) in [6.07, 6.45) is 6.17. The van der Waals surface area contributed by atoms with E-state index in [2.05, 4.69) is 13.2 Å². The number of esters is 2. The highest BCUT2D eigenvalue weighted by Crippen LogP contribution is 2.19. The molecule has 4 nitrogen and oxygen atoms in total. The Labute approximate surface area is 108 Å². The maximum absolute atomic E-state index is 11.6. The zero-order valence-electron chi connectivity index (χ0n) is 10.6. The molecular formula is C14H20O4. The van der Waals surface area contributed by atoms with Crippen LogP contribution in [-0.4, -0.2) is 24.1 Å². The molecule has 1 saturated heterocycles. The first kappa shape index (κ1) is 14.5. The summed E-state index contributed by atoms with van der Waals surface area (Å²) in [6, 6.07) is 0. The number of carbonyl (C=O) groups excluding carboxylic acids is 2. The Morgan fingerprint density at radius 1 is 0.889 bits per heavy atom. The second kappa shape index (κ2) is 7.69. The lowest BCUT2D eigenvalue weighted by atomic mass is 10.1. The van der Waals surface area contributed by atoms with Gasteiger partial charge in [0, 0.05) is 0 Å². The summed E-state index contributed by atoms with van der Waals surface area (Å²) in [6.45, 7) is 7.20. The molecule has 1 rings (SSSR count). The summed E-state index contributed by atoms with van der Waals surface area (Å²) in [4.78, 5) is 23.3. The number of ether oxygens (including phenoxy) is 2. The Hall–Kier alpha value is -1.58. The molecule has 0 radical (unpaired) electrons. The summed E-state index contributed by atoms with van der Waals surface area (Å²) in [7, 11) is 0. The molecule has 0 aromatic heterocycles. The van der Waals surface area contributed by atoms with Crippen LogP contribution in [0.2, 0.25) is 0 Å². The molecule has 18 heavy (non-hydrogen) atoms. The third-order valence-electron chi connectivity index (χ3n) is 2.79. The van der Waals surface area contributed by atoms with Gasteiger partial charge in [0.1, 0.15) is 0 Å². The molecule has 4 heteroatoms. The fourth-order valence-electron chi connectivity index (χ4n) is 1.78. The molecule has 0 saturated carbocycles. The monoisotopic (exact) mass is 252 g/mol. The molecule has 2 unspecified atom stereocenters. The van der Waals surface area contributed by atoms with Gasteiger partial charge in [-0.05, 0) is 38.5 Å². The van der Waals surface area contributed by atoms with E-state index >= 15 is 0 Å². The summed E-state index contributed by atoms with van der Waals surface area (Å²) in [5, 5.41) is 0. The van der Waals surface area contributed by atoms with Crippen LogP contribution >= 0.6 is 0 Å². The Morgan fingerprint density at radius 2 is 1.28 bits per heavy atom. The lowest BCUT2D eigenvalue weighted by Crippen LogP contribution is -2.43. The molecule has 0 aromatic rings. The Balaban J connectivity index is 2.38. The standard InChI is InChI=1S/C14H20O4/c1-3-5-7-9-11-13(15)18-12(14(16)17-11)10-8-6-4-2/h3-4,11-12H,1-2,5-10H2. The number of allylic oxidation sites excluding steroid dienone is 2. The first-order valence-corrected chi connectivity index (χ1v) is 6.31. The van der Waals surface area contributed by atoms with E-state index in [9.17, 15) is 9.59 Å². The zero-order chi connectivity index (χ0) is 13.4. The van der Waals surface area contributed by atoms with Crippen molar-refractivity contribution in [1.82, 2.24) is 0 Å². The summed E-state index contributed by atoms with van der Waals surface area (Å²) >= 11 is 0. The molecule has 1 fully saturated rings. The van der Waals surface area contributed by atoms with Gasteiger partial charge < -0.3 is 9.47 Å². The van der Waals surface area contributed by atoms with Crippen LogP contribution in [0.15, 0.2) is 25.3 Å². The van der Waals surface area contributed by atoms with Gasteiger partial charge in [-0.25, -0.2) is 9.59 Å². The van der Waals surface area contributed by atoms with Crippen LogP contribution in [0, 0.1) is 0 Å². The Morgan fingerprint density at radius 3 is 1.61 bits per heavy atom. The van der Waals surface area contributed by atoms with Crippen molar-refractivity contribution in [3.63, 3.8) is 0 Å². The highest BCUT2D eigenvalue weighted by Gasteiger charge is 2.37. The van der Waals surface area contributed by atoms with Gasteiger partial charge in [-0.1, -0.05) is 12.2 Å². The van der Waals surface area contributed by atoms with E-state index in [4.69, 9.17) is 9.47 Å². The lowest BCUT2D eigenvalue weighted by molar-refractivity contribution is -0.195. The molecule has 0 aromatic carbocycles. The minimum absolute atomic E-state index is 0.428. The van der Waals surface area contributed by atoms with Crippen molar-refractivity contribution in [3.8, 4) is 0 Å². The zero-order valence-corrected chi connectivity index (χ0v) is 10.6. The van der Waals surface area contributed by atoms with Gasteiger partial charge in [0.25, 0.3) is 0 Å².